The number of rotatable bonds is 5. The summed E-state index contributed by atoms with van der Waals surface area (Å²) in [5.41, 5.74) is 6.72. The van der Waals surface area contributed by atoms with Crippen molar-refractivity contribution in [1.29, 1.82) is 0 Å². The number of amidine groups is 1. The molecule has 0 saturated heterocycles. The molecule has 1 fully saturated rings. The zero-order chi connectivity index (χ0) is 14.0. The van der Waals surface area contributed by atoms with E-state index in [1.165, 1.54) is 25.0 Å². The molecule has 104 valence electrons. The average molecular weight is 265 g/mol. The molecule has 0 atom stereocenters. The van der Waals surface area contributed by atoms with E-state index in [1.807, 2.05) is 0 Å². The summed E-state index contributed by atoms with van der Waals surface area (Å²) in [5, 5.41) is 15.0. The third-order valence-electron chi connectivity index (χ3n) is 3.71. The van der Waals surface area contributed by atoms with Gasteiger partial charge in [-0.15, -0.1) is 0 Å². The fourth-order valence-corrected chi connectivity index (χ4v) is 2.24. The molecule has 0 spiro atoms. The Balaban J connectivity index is 2.09. The number of nitrogens with two attached hydrogens (primary N) is 1. The van der Waals surface area contributed by atoms with Crippen molar-refractivity contribution in [2.24, 2.45) is 16.8 Å². The van der Waals surface area contributed by atoms with Crippen LogP contribution in [-0.2, 0) is 6.54 Å². The summed E-state index contributed by atoms with van der Waals surface area (Å²) in [5.74, 6) is 0.233. The van der Waals surface area contributed by atoms with Crippen LogP contribution in [-0.4, -0.2) is 16.6 Å². The van der Waals surface area contributed by atoms with E-state index in [1.54, 1.807) is 6.07 Å². The third kappa shape index (κ3) is 3.44. The molecule has 1 aliphatic carbocycles. The van der Waals surface area contributed by atoms with E-state index in [9.17, 15) is 4.39 Å². The Hall–Kier alpha value is -1.62. The van der Waals surface area contributed by atoms with Crippen molar-refractivity contribution >= 4 is 5.84 Å². The van der Waals surface area contributed by atoms with E-state index in [0.29, 0.717) is 18.0 Å². The van der Waals surface area contributed by atoms with Crippen molar-refractivity contribution in [2.75, 3.05) is 0 Å². The van der Waals surface area contributed by atoms with Gasteiger partial charge in [-0.25, -0.2) is 4.39 Å². The van der Waals surface area contributed by atoms with E-state index < -0.39 is 0 Å². The molecule has 0 unspecified atom stereocenters. The first-order valence-corrected chi connectivity index (χ1v) is 6.45. The molecule has 1 saturated carbocycles. The summed E-state index contributed by atoms with van der Waals surface area (Å²) < 4.78 is 13.5. The molecule has 0 aromatic heterocycles. The third-order valence-corrected chi connectivity index (χ3v) is 3.71. The Bertz CT molecular complexity index is 495. The Morgan fingerprint density at radius 1 is 1.47 bits per heavy atom. The van der Waals surface area contributed by atoms with Crippen LogP contribution >= 0.6 is 0 Å². The van der Waals surface area contributed by atoms with Gasteiger partial charge in [0, 0.05) is 17.6 Å². The highest BCUT2D eigenvalue weighted by molar-refractivity contribution is 5.97. The van der Waals surface area contributed by atoms with E-state index >= 15 is 0 Å². The second-order valence-electron chi connectivity index (χ2n) is 5.68. The number of hydrogen-bond donors (Lipinski definition) is 3. The minimum absolute atomic E-state index is 0.0586. The maximum Gasteiger partial charge on any atom is 0.170 e. The molecule has 1 aliphatic rings. The minimum atomic E-state index is -0.384. The lowest BCUT2D eigenvalue weighted by Crippen LogP contribution is -2.40. The van der Waals surface area contributed by atoms with Crippen LogP contribution in [0.15, 0.2) is 23.4 Å². The molecule has 1 aromatic carbocycles. The second kappa shape index (κ2) is 5.17. The summed E-state index contributed by atoms with van der Waals surface area (Å²) in [4.78, 5) is 0. The number of hydrogen-bond acceptors (Lipinski definition) is 3. The fourth-order valence-electron chi connectivity index (χ4n) is 2.24. The van der Waals surface area contributed by atoms with Crippen LogP contribution in [0.2, 0.25) is 0 Å². The second-order valence-corrected chi connectivity index (χ2v) is 5.68. The van der Waals surface area contributed by atoms with Crippen molar-refractivity contribution in [2.45, 2.75) is 38.8 Å². The molecule has 4 N–H and O–H groups in total. The molecule has 0 amide bonds. The molecule has 1 aromatic rings. The van der Waals surface area contributed by atoms with E-state index in [-0.39, 0.29) is 17.2 Å². The summed E-state index contributed by atoms with van der Waals surface area (Å²) in [6, 6.07) is 4.45. The van der Waals surface area contributed by atoms with Gasteiger partial charge in [0.25, 0.3) is 0 Å². The van der Waals surface area contributed by atoms with Crippen LogP contribution < -0.4 is 11.1 Å². The van der Waals surface area contributed by atoms with Gasteiger partial charge < -0.3 is 16.3 Å². The molecule has 19 heavy (non-hydrogen) atoms. The Morgan fingerprint density at radius 2 is 2.16 bits per heavy atom. The van der Waals surface area contributed by atoms with Gasteiger partial charge in [-0.05, 0) is 56.4 Å². The number of oxime groups is 1. The summed E-state index contributed by atoms with van der Waals surface area (Å²) in [6.07, 6.45) is 2.50. The zero-order valence-electron chi connectivity index (χ0n) is 11.3. The van der Waals surface area contributed by atoms with Crippen LogP contribution in [0, 0.1) is 11.7 Å². The Labute approximate surface area is 112 Å². The van der Waals surface area contributed by atoms with Crippen molar-refractivity contribution < 1.29 is 9.60 Å². The minimum Gasteiger partial charge on any atom is -0.409 e. The monoisotopic (exact) mass is 265 g/mol. The van der Waals surface area contributed by atoms with Gasteiger partial charge in [0.1, 0.15) is 5.82 Å². The Morgan fingerprint density at radius 3 is 2.74 bits per heavy atom. The van der Waals surface area contributed by atoms with Crippen molar-refractivity contribution in [3.05, 3.63) is 35.1 Å². The lowest BCUT2D eigenvalue weighted by Gasteiger charge is -2.26. The van der Waals surface area contributed by atoms with Crippen LogP contribution in [0.25, 0.3) is 0 Å². The van der Waals surface area contributed by atoms with E-state index in [0.717, 1.165) is 5.56 Å². The Kier molecular flexibility index (Phi) is 3.75. The highest BCUT2D eigenvalue weighted by atomic mass is 19.1. The zero-order valence-corrected chi connectivity index (χ0v) is 11.3. The van der Waals surface area contributed by atoms with Gasteiger partial charge in [0.15, 0.2) is 5.84 Å². The number of halogens is 1. The van der Waals surface area contributed by atoms with Gasteiger partial charge in [-0.2, -0.15) is 0 Å². The van der Waals surface area contributed by atoms with Gasteiger partial charge in [0.2, 0.25) is 0 Å². The topological polar surface area (TPSA) is 70.6 Å². The lowest BCUT2D eigenvalue weighted by atomic mass is 9.98. The van der Waals surface area contributed by atoms with Crippen LogP contribution in [0.1, 0.15) is 37.8 Å². The molecule has 0 aliphatic heterocycles. The summed E-state index contributed by atoms with van der Waals surface area (Å²) >= 11 is 0. The predicted molar refractivity (Wildman–Crippen MR) is 72.6 cm³/mol. The fraction of sp³-hybridized carbons (Fsp3) is 0.500. The van der Waals surface area contributed by atoms with Crippen LogP contribution in [0.5, 0.6) is 0 Å². The van der Waals surface area contributed by atoms with Crippen LogP contribution in [0.3, 0.4) is 0 Å². The first-order valence-electron chi connectivity index (χ1n) is 6.45. The molecule has 0 radical (unpaired) electrons. The molecule has 4 nitrogen and oxygen atoms in total. The number of benzene rings is 1. The highest BCUT2D eigenvalue weighted by Crippen LogP contribution is 2.39. The first kappa shape index (κ1) is 13.8. The molecule has 2 rings (SSSR count). The normalized spacial score (nSPS) is 16.7. The summed E-state index contributed by atoms with van der Waals surface area (Å²) in [6.45, 7) is 4.88. The van der Waals surface area contributed by atoms with Crippen molar-refractivity contribution in [3.63, 3.8) is 0 Å². The quantitative estimate of drug-likeness (QED) is 0.331. The van der Waals surface area contributed by atoms with Gasteiger partial charge in [-0.1, -0.05) is 5.16 Å². The van der Waals surface area contributed by atoms with Crippen molar-refractivity contribution in [1.82, 2.24) is 5.32 Å². The molecule has 0 heterocycles. The predicted octanol–water partition coefficient (Wildman–Crippen LogP) is 2.20. The molecule has 5 heteroatoms. The number of nitrogens with one attached hydrogen (secondary N) is 1. The van der Waals surface area contributed by atoms with E-state index in [4.69, 9.17) is 10.9 Å². The average Bonchev–Trinajstić information content (AvgIpc) is 3.19. The molecular formula is C14H20FN3O. The smallest absolute Gasteiger partial charge is 0.170 e. The van der Waals surface area contributed by atoms with Gasteiger partial charge in [-0.3, -0.25) is 0 Å². The first-order chi connectivity index (χ1) is 8.92. The van der Waals surface area contributed by atoms with E-state index in [2.05, 4.69) is 24.3 Å². The van der Waals surface area contributed by atoms with Gasteiger partial charge in [0.05, 0.1) is 0 Å². The van der Waals surface area contributed by atoms with Gasteiger partial charge >= 0.3 is 0 Å². The largest absolute Gasteiger partial charge is 0.409 e. The maximum absolute atomic E-state index is 13.5. The highest BCUT2D eigenvalue weighted by Gasteiger charge is 2.37. The lowest BCUT2D eigenvalue weighted by molar-refractivity contribution is 0.318. The SMILES string of the molecule is CC(C)(NCc1cc(F)cc(/C(N)=N/O)c1)C1CC1. The molecular weight excluding hydrogens is 245 g/mol. The maximum atomic E-state index is 13.5. The number of nitrogens with zero attached hydrogens (tertiary/aromatic N) is 1. The summed E-state index contributed by atoms with van der Waals surface area (Å²) in [7, 11) is 0. The standard InChI is InChI=1S/C14H20FN3O/c1-14(2,11-3-4-11)17-8-9-5-10(13(16)18-19)7-12(15)6-9/h5-7,11,17,19H,3-4,8H2,1-2H3,(H2,16,18). The van der Waals surface area contributed by atoms with Crippen LogP contribution in [0.4, 0.5) is 4.39 Å². The molecule has 0 bridgehead atoms. The van der Waals surface area contributed by atoms with Crippen molar-refractivity contribution in [3.8, 4) is 0 Å².